The number of hydrogen-bond donors (Lipinski definition) is 0. The minimum atomic E-state index is -0.185. The lowest BCUT2D eigenvalue weighted by Crippen LogP contribution is -2.19. The minimum Gasteiger partial charge on any atom is -0.457 e. The molecular weight excluding hydrogens is 550 g/mol. The van der Waals surface area contributed by atoms with E-state index in [9.17, 15) is 0 Å². The summed E-state index contributed by atoms with van der Waals surface area (Å²) in [5.41, 5.74) is 7.55. The first-order valence-corrected chi connectivity index (χ1v) is 15.5. The molecule has 0 aliphatic carbocycles. The van der Waals surface area contributed by atoms with Crippen molar-refractivity contribution in [3.8, 4) is 28.6 Å². The zero-order valence-corrected chi connectivity index (χ0v) is 26.5. The van der Waals surface area contributed by atoms with Gasteiger partial charge in [0.05, 0.1) is 16.7 Å². The zero-order chi connectivity index (χ0) is 31.2. The van der Waals surface area contributed by atoms with Crippen LogP contribution in [0.15, 0.2) is 134 Å². The molecule has 0 amide bonds. The van der Waals surface area contributed by atoms with Gasteiger partial charge in [-0.1, -0.05) is 89.2 Å². The molecule has 0 spiro atoms. The van der Waals surface area contributed by atoms with Gasteiger partial charge in [0.25, 0.3) is 0 Å². The standard InChI is InChI=1S/C41H37N3O/c1-40(2,3)31-23-28(36-16-11-12-21-42-36)24-33(25-31)45-32-18-19-35-34-15-9-10-17-37(34)44(38(35)27-32)39-26-30(20-22-43-39)41(4,5)29-13-7-6-8-14-29/h6-27H,1-5H3. The summed E-state index contributed by atoms with van der Waals surface area (Å²) in [6.07, 6.45) is 3.75. The molecule has 0 saturated carbocycles. The Morgan fingerprint density at radius 3 is 2.07 bits per heavy atom. The summed E-state index contributed by atoms with van der Waals surface area (Å²) < 4.78 is 8.90. The fourth-order valence-electron chi connectivity index (χ4n) is 6.12. The lowest BCUT2D eigenvalue weighted by Gasteiger charge is -2.26. The van der Waals surface area contributed by atoms with E-state index < -0.39 is 0 Å². The van der Waals surface area contributed by atoms with Crippen LogP contribution in [0.25, 0.3) is 38.9 Å². The summed E-state index contributed by atoms with van der Waals surface area (Å²) in [4.78, 5) is 9.51. The first-order valence-electron chi connectivity index (χ1n) is 15.5. The highest BCUT2D eigenvalue weighted by Crippen LogP contribution is 2.38. The molecule has 0 bridgehead atoms. The molecule has 7 aromatic rings. The normalized spacial score (nSPS) is 12.1. The van der Waals surface area contributed by atoms with Crippen molar-refractivity contribution in [1.82, 2.24) is 14.5 Å². The molecule has 0 radical (unpaired) electrons. The molecule has 0 unspecified atom stereocenters. The maximum absolute atomic E-state index is 6.65. The van der Waals surface area contributed by atoms with Gasteiger partial charge in [0, 0.05) is 40.2 Å². The van der Waals surface area contributed by atoms with Crippen molar-refractivity contribution in [3.63, 3.8) is 0 Å². The van der Waals surface area contributed by atoms with Gasteiger partial charge >= 0.3 is 0 Å². The second-order valence-corrected chi connectivity index (χ2v) is 13.2. The summed E-state index contributed by atoms with van der Waals surface area (Å²) in [6.45, 7) is 11.2. The molecule has 222 valence electrons. The van der Waals surface area contributed by atoms with Crippen LogP contribution in [0, 0.1) is 0 Å². The monoisotopic (exact) mass is 587 g/mol. The van der Waals surface area contributed by atoms with Crippen LogP contribution in [0.5, 0.6) is 11.5 Å². The molecule has 3 heterocycles. The third-order valence-corrected chi connectivity index (χ3v) is 8.81. The van der Waals surface area contributed by atoms with Crippen molar-refractivity contribution < 1.29 is 4.74 Å². The molecule has 0 atom stereocenters. The number of hydrogen-bond acceptors (Lipinski definition) is 3. The van der Waals surface area contributed by atoms with Gasteiger partial charge < -0.3 is 4.74 Å². The average Bonchev–Trinajstić information content (AvgIpc) is 3.38. The van der Waals surface area contributed by atoms with E-state index in [0.29, 0.717) is 0 Å². The van der Waals surface area contributed by atoms with Gasteiger partial charge in [-0.2, -0.15) is 0 Å². The van der Waals surface area contributed by atoms with Crippen LogP contribution in [0.3, 0.4) is 0 Å². The smallest absolute Gasteiger partial charge is 0.137 e. The summed E-state index contributed by atoms with van der Waals surface area (Å²) >= 11 is 0. The molecule has 0 N–H and O–H groups in total. The number of fused-ring (bicyclic) bond motifs is 3. The Morgan fingerprint density at radius 1 is 0.533 bits per heavy atom. The minimum absolute atomic E-state index is 0.0521. The Balaban J connectivity index is 1.35. The Hall–Kier alpha value is -5.22. The fourth-order valence-corrected chi connectivity index (χ4v) is 6.12. The van der Waals surface area contributed by atoms with Crippen LogP contribution in [-0.4, -0.2) is 14.5 Å². The summed E-state index contributed by atoms with van der Waals surface area (Å²) in [5.74, 6) is 2.44. The number of ether oxygens (including phenoxy) is 1. The first kappa shape index (κ1) is 28.5. The lowest BCUT2D eigenvalue weighted by molar-refractivity contribution is 0.479. The van der Waals surface area contributed by atoms with Gasteiger partial charge in [0.2, 0.25) is 0 Å². The van der Waals surface area contributed by atoms with Crippen molar-refractivity contribution in [2.75, 3.05) is 0 Å². The number of benzene rings is 4. The second-order valence-electron chi connectivity index (χ2n) is 13.2. The van der Waals surface area contributed by atoms with Crippen molar-refractivity contribution in [2.45, 2.75) is 45.4 Å². The fraction of sp³-hybridized carbons (Fsp3) is 0.171. The summed E-state index contributed by atoms with van der Waals surface area (Å²) in [6, 6.07) is 42.3. The van der Waals surface area contributed by atoms with Gasteiger partial charge in [-0.05, 0) is 82.8 Å². The third kappa shape index (κ3) is 5.38. The Morgan fingerprint density at radius 2 is 1.29 bits per heavy atom. The van der Waals surface area contributed by atoms with E-state index >= 15 is 0 Å². The van der Waals surface area contributed by atoms with E-state index in [2.05, 4.69) is 147 Å². The van der Waals surface area contributed by atoms with Crippen LogP contribution in [-0.2, 0) is 10.8 Å². The van der Waals surface area contributed by atoms with Crippen LogP contribution in [0.4, 0.5) is 0 Å². The molecule has 4 nitrogen and oxygen atoms in total. The summed E-state index contributed by atoms with van der Waals surface area (Å²) in [5, 5.41) is 2.34. The van der Waals surface area contributed by atoms with Gasteiger partial charge in [-0.3, -0.25) is 9.55 Å². The van der Waals surface area contributed by atoms with Crippen molar-refractivity contribution >= 4 is 21.8 Å². The highest BCUT2D eigenvalue weighted by molar-refractivity contribution is 6.09. The molecule has 7 rings (SSSR count). The quantitative estimate of drug-likeness (QED) is 0.194. The lowest BCUT2D eigenvalue weighted by atomic mass is 9.78. The van der Waals surface area contributed by atoms with E-state index in [1.165, 1.54) is 22.1 Å². The van der Waals surface area contributed by atoms with Gasteiger partial charge in [-0.25, -0.2) is 4.98 Å². The Kier molecular flexibility index (Phi) is 7.01. The number of nitrogens with zero attached hydrogens (tertiary/aromatic N) is 3. The van der Waals surface area contributed by atoms with Crippen LogP contribution < -0.4 is 4.74 Å². The van der Waals surface area contributed by atoms with E-state index in [1.54, 1.807) is 0 Å². The number of rotatable bonds is 6. The topological polar surface area (TPSA) is 39.9 Å². The van der Waals surface area contributed by atoms with E-state index in [1.807, 2.05) is 30.6 Å². The molecule has 0 saturated heterocycles. The molecule has 45 heavy (non-hydrogen) atoms. The average molecular weight is 588 g/mol. The molecular formula is C41H37N3O. The predicted molar refractivity (Wildman–Crippen MR) is 186 cm³/mol. The van der Waals surface area contributed by atoms with Crippen LogP contribution in [0.1, 0.15) is 51.3 Å². The molecule has 0 aliphatic rings. The third-order valence-electron chi connectivity index (χ3n) is 8.81. The maximum atomic E-state index is 6.65. The molecule has 3 aromatic heterocycles. The SMILES string of the molecule is CC(C)(C)c1cc(Oc2ccc3c4ccccc4n(-c4cc(C(C)(C)c5ccccc5)ccn4)c3c2)cc(-c2ccccn2)c1. The number of para-hydroxylation sites is 1. The van der Waals surface area contributed by atoms with Gasteiger partial charge in [0.15, 0.2) is 0 Å². The first-order chi connectivity index (χ1) is 21.7. The highest BCUT2D eigenvalue weighted by atomic mass is 16.5. The number of pyridine rings is 2. The van der Waals surface area contributed by atoms with Gasteiger partial charge in [-0.15, -0.1) is 0 Å². The number of aromatic nitrogens is 3. The largest absolute Gasteiger partial charge is 0.457 e. The van der Waals surface area contributed by atoms with Crippen LogP contribution in [0.2, 0.25) is 0 Å². The molecule has 0 aliphatic heterocycles. The second kappa shape index (κ2) is 11.0. The van der Waals surface area contributed by atoms with Crippen LogP contribution >= 0.6 is 0 Å². The van der Waals surface area contributed by atoms with Gasteiger partial charge in [0.1, 0.15) is 17.3 Å². The van der Waals surface area contributed by atoms with E-state index in [-0.39, 0.29) is 10.8 Å². The molecule has 4 heteroatoms. The van der Waals surface area contributed by atoms with E-state index in [4.69, 9.17) is 9.72 Å². The molecule has 4 aromatic carbocycles. The molecule has 0 fully saturated rings. The zero-order valence-electron chi connectivity index (χ0n) is 26.5. The highest BCUT2D eigenvalue weighted by Gasteiger charge is 2.24. The van der Waals surface area contributed by atoms with E-state index in [0.717, 1.165) is 45.0 Å². The Bertz CT molecular complexity index is 2140. The maximum Gasteiger partial charge on any atom is 0.137 e. The van der Waals surface area contributed by atoms with Crippen molar-refractivity contribution in [2.24, 2.45) is 0 Å². The van der Waals surface area contributed by atoms with Crippen molar-refractivity contribution in [1.29, 1.82) is 0 Å². The Labute approximate surface area is 265 Å². The predicted octanol–water partition coefficient (Wildman–Crippen LogP) is 10.7. The van der Waals surface area contributed by atoms with Crippen molar-refractivity contribution in [3.05, 3.63) is 150 Å². The summed E-state index contributed by atoms with van der Waals surface area (Å²) in [7, 11) is 0.